The quantitative estimate of drug-likeness (QED) is 0.780. The van der Waals surface area contributed by atoms with Crippen molar-refractivity contribution in [1.82, 2.24) is 10.2 Å². The molecule has 1 aromatic carbocycles. The highest BCUT2D eigenvalue weighted by Gasteiger charge is 2.43. The zero-order valence-corrected chi connectivity index (χ0v) is 10.9. The fourth-order valence-corrected chi connectivity index (χ4v) is 2.49. The summed E-state index contributed by atoms with van der Waals surface area (Å²) in [6.07, 6.45) is 1.32. The number of nitrogens with one attached hydrogen (secondary N) is 1. The Hall–Kier alpha value is -1.88. The zero-order valence-electron chi connectivity index (χ0n) is 10.1. The average molecular weight is 281 g/mol. The number of nitrogens with zero attached hydrogens (tertiary/aromatic N) is 1. The second-order valence-corrected chi connectivity index (χ2v) is 4.47. The van der Waals surface area contributed by atoms with Gasteiger partial charge in [-0.25, -0.2) is 0 Å². The number of halogens is 1. The first-order chi connectivity index (χ1) is 8.70. The van der Waals surface area contributed by atoms with Gasteiger partial charge < -0.3 is 5.32 Å². The molecule has 6 heteroatoms. The maximum atomic E-state index is 12.2. The van der Waals surface area contributed by atoms with Gasteiger partial charge in [0.25, 0.3) is 11.8 Å². The molecule has 1 aromatic rings. The van der Waals surface area contributed by atoms with E-state index >= 15 is 0 Å². The molecule has 5 nitrogen and oxygen atoms in total. The lowest BCUT2D eigenvalue weighted by molar-refractivity contribution is -0.126. The summed E-state index contributed by atoms with van der Waals surface area (Å²) in [5, 5.41) is 2.69. The summed E-state index contributed by atoms with van der Waals surface area (Å²) in [5.41, 5.74) is 0.779. The van der Waals surface area contributed by atoms with Crippen LogP contribution in [0.15, 0.2) is 24.3 Å². The molecule has 19 heavy (non-hydrogen) atoms. The molecule has 1 atom stereocenters. The van der Waals surface area contributed by atoms with Crippen molar-refractivity contribution in [2.45, 2.75) is 18.9 Å². The van der Waals surface area contributed by atoms with E-state index in [4.69, 9.17) is 0 Å². The third-order valence-corrected chi connectivity index (χ3v) is 3.39. The maximum Gasteiger partial charge on any atom is 0.262 e. The van der Waals surface area contributed by atoms with E-state index in [0.717, 1.165) is 11.3 Å². The van der Waals surface area contributed by atoms with Gasteiger partial charge in [-0.3, -0.25) is 19.3 Å². The van der Waals surface area contributed by atoms with Crippen molar-refractivity contribution < 1.29 is 14.4 Å². The van der Waals surface area contributed by atoms with Crippen LogP contribution in [0.25, 0.3) is 0 Å². The Morgan fingerprint density at radius 1 is 1.05 bits per heavy atom. The van der Waals surface area contributed by atoms with Crippen molar-refractivity contribution in [2.24, 2.45) is 0 Å². The third-order valence-electron chi connectivity index (χ3n) is 3.39. The van der Waals surface area contributed by atoms with Crippen molar-refractivity contribution in [1.29, 1.82) is 0 Å². The SMILES string of the molecule is Cl.O=C1NCCC[C@@H]1N1C(=O)c2ccccc2C1=O. The van der Waals surface area contributed by atoms with Crippen LogP contribution in [-0.4, -0.2) is 35.2 Å². The van der Waals surface area contributed by atoms with Crippen LogP contribution < -0.4 is 5.32 Å². The van der Waals surface area contributed by atoms with Crippen LogP contribution in [0.5, 0.6) is 0 Å². The molecule has 0 aromatic heterocycles. The largest absolute Gasteiger partial charge is 0.354 e. The molecule has 2 aliphatic heterocycles. The van der Waals surface area contributed by atoms with Gasteiger partial charge in [-0.2, -0.15) is 0 Å². The van der Waals surface area contributed by atoms with Crippen LogP contribution >= 0.6 is 12.4 Å². The molecule has 0 saturated carbocycles. The summed E-state index contributed by atoms with van der Waals surface area (Å²) in [7, 11) is 0. The van der Waals surface area contributed by atoms with Gasteiger partial charge in [-0.05, 0) is 25.0 Å². The summed E-state index contributed by atoms with van der Waals surface area (Å²) in [6.45, 7) is 0.610. The number of carbonyl (C=O) groups excluding carboxylic acids is 3. The molecular formula is C13H13ClN2O3. The highest BCUT2D eigenvalue weighted by molar-refractivity contribution is 6.22. The smallest absolute Gasteiger partial charge is 0.262 e. The minimum Gasteiger partial charge on any atom is -0.354 e. The second-order valence-electron chi connectivity index (χ2n) is 4.47. The lowest BCUT2D eigenvalue weighted by Crippen LogP contribution is -2.52. The van der Waals surface area contributed by atoms with Gasteiger partial charge in [0, 0.05) is 6.54 Å². The number of rotatable bonds is 1. The first-order valence-electron chi connectivity index (χ1n) is 5.95. The van der Waals surface area contributed by atoms with Gasteiger partial charge in [-0.1, -0.05) is 12.1 Å². The van der Waals surface area contributed by atoms with Crippen molar-refractivity contribution >= 4 is 30.1 Å². The number of hydrogen-bond acceptors (Lipinski definition) is 3. The van der Waals surface area contributed by atoms with Gasteiger partial charge in [0.2, 0.25) is 5.91 Å². The highest BCUT2D eigenvalue weighted by Crippen LogP contribution is 2.26. The maximum absolute atomic E-state index is 12.2. The Morgan fingerprint density at radius 2 is 1.63 bits per heavy atom. The van der Waals surface area contributed by atoms with Gasteiger partial charge in [-0.15, -0.1) is 12.4 Å². The molecular weight excluding hydrogens is 268 g/mol. The monoisotopic (exact) mass is 280 g/mol. The van der Waals surface area contributed by atoms with Crippen LogP contribution in [0.4, 0.5) is 0 Å². The summed E-state index contributed by atoms with van der Waals surface area (Å²) < 4.78 is 0. The number of amides is 3. The lowest BCUT2D eigenvalue weighted by Gasteiger charge is -2.28. The van der Waals surface area contributed by atoms with E-state index in [9.17, 15) is 14.4 Å². The standard InChI is InChI=1S/C13H12N2O3.ClH/c16-11-10(6-3-7-14-11)15-12(17)8-4-1-2-5-9(8)13(15)18;/h1-2,4-5,10H,3,6-7H2,(H,14,16);1H/t10-;/m0./s1. The van der Waals surface area contributed by atoms with Crippen molar-refractivity contribution in [3.05, 3.63) is 35.4 Å². The zero-order chi connectivity index (χ0) is 12.7. The predicted octanol–water partition coefficient (Wildman–Crippen LogP) is 0.983. The minimum atomic E-state index is -0.661. The molecule has 3 amide bonds. The van der Waals surface area contributed by atoms with Crippen LogP contribution in [0.1, 0.15) is 33.6 Å². The van der Waals surface area contributed by atoms with Crippen LogP contribution in [-0.2, 0) is 4.79 Å². The second kappa shape index (κ2) is 5.01. The van der Waals surface area contributed by atoms with E-state index in [-0.39, 0.29) is 30.1 Å². The lowest BCUT2D eigenvalue weighted by atomic mass is 10.1. The van der Waals surface area contributed by atoms with Crippen LogP contribution in [0, 0.1) is 0 Å². The van der Waals surface area contributed by atoms with Crippen molar-refractivity contribution in [3.63, 3.8) is 0 Å². The Labute approximate surface area is 116 Å². The van der Waals surface area contributed by atoms with Gasteiger partial charge in [0.1, 0.15) is 6.04 Å². The topological polar surface area (TPSA) is 66.5 Å². The average Bonchev–Trinajstić information content (AvgIpc) is 2.64. The van der Waals surface area contributed by atoms with Crippen LogP contribution in [0.3, 0.4) is 0 Å². The minimum absolute atomic E-state index is 0. The highest BCUT2D eigenvalue weighted by atomic mass is 35.5. The number of benzene rings is 1. The Morgan fingerprint density at radius 3 is 2.16 bits per heavy atom. The molecule has 1 saturated heterocycles. The molecule has 2 aliphatic rings. The van der Waals surface area contributed by atoms with Gasteiger partial charge >= 0.3 is 0 Å². The number of fused-ring (bicyclic) bond motifs is 1. The van der Waals surface area contributed by atoms with Crippen molar-refractivity contribution in [2.75, 3.05) is 6.54 Å². The fraction of sp³-hybridized carbons (Fsp3) is 0.308. The normalized spacial score (nSPS) is 21.8. The molecule has 1 fully saturated rings. The van der Waals surface area contributed by atoms with E-state index in [0.29, 0.717) is 24.1 Å². The van der Waals surface area contributed by atoms with E-state index in [2.05, 4.69) is 5.32 Å². The van der Waals surface area contributed by atoms with Crippen LogP contribution in [0.2, 0.25) is 0 Å². The Bertz CT molecular complexity index is 524. The number of hydrogen-bond donors (Lipinski definition) is 1. The molecule has 100 valence electrons. The molecule has 0 unspecified atom stereocenters. The number of carbonyl (C=O) groups is 3. The summed E-state index contributed by atoms with van der Waals surface area (Å²) in [4.78, 5) is 37.2. The predicted molar refractivity (Wildman–Crippen MR) is 70.2 cm³/mol. The van der Waals surface area contributed by atoms with Gasteiger partial charge in [0.05, 0.1) is 11.1 Å². The Kier molecular flexibility index (Phi) is 3.57. The molecule has 1 N–H and O–H groups in total. The molecule has 2 heterocycles. The Balaban J connectivity index is 0.00000133. The number of imide groups is 1. The van der Waals surface area contributed by atoms with Crippen molar-refractivity contribution in [3.8, 4) is 0 Å². The molecule has 0 radical (unpaired) electrons. The van der Waals surface area contributed by atoms with E-state index < -0.39 is 6.04 Å². The first-order valence-corrected chi connectivity index (χ1v) is 5.95. The van der Waals surface area contributed by atoms with E-state index in [1.165, 1.54) is 0 Å². The van der Waals surface area contributed by atoms with E-state index in [1.54, 1.807) is 24.3 Å². The first kappa shape index (κ1) is 13.5. The van der Waals surface area contributed by atoms with E-state index in [1.807, 2.05) is 0 Å². The molecule has 3 rings (SSSR count). The molecule has 0 spiro atoms. The fourth-order valence-electron chi connectivity index (χ4n) is 2.49. The summed E-state index contributed by atoms with van der Waals surface area (Å²) >= 11 is 0. The molecule has 0 bridgehead atoms. The molecule has 0 aliphatic carbocycles. The summed E-state index contributed by atoms with van der Waals surface area (Å²) in [6, 6.07) is 6.02. The third kappa shape index (κ3) is 2.00. The summed E-state index contributed by atoms with van der Waals surface area (Å²) in [5.74, 6) is -0.967. The van der Waals surface area contributed by atoms with Gasteiger partial charge in [0.15, 0.2) is 0 Å². The number of piperidine rings is 1.